The van der Waals surface area contributed by atoms with Gasteiger partial charge in [0.25, 0.3) is 0 Å². The van der Waals surface area contributed by atoms with Crippen molar-refractivity contribution in [3.05, 3.63) is 212 Å². The minimum absolute atomic E-state index is 0.0610. The Morgan fingerprint density at radius 3 is 1.68 bits per heavy atom. The predicted octanol–water partition coefficient (Wildman–Crippen LogP) is 15.5. The molecule has 0 saturated heterocycles. The van der Waals surface area contributed by atoms with E-state index in [1.165, 1.54) is 16.2 Å². The van der Waals surface area contributed by atoms with Crippen molar-refractivity contribution in [1.82, 2.24) is 0 Å². The zero-order chi connectivity index (χ0) is 40.5. The van der Waals surface area contributed by atoms with Crippen molar-refractivity contribution in [3.8, 4) is 33.4 Å². The molecule has 0 atom stereocenters. The molecule has 0 aliphatic rings. The fraction of sp³-hybridized carbons (Fsp3) is 0. The van der Waals surface area contributed by atoms with Crippen molar-refractivity contribution in [1.29, 1.82) is 0 Å². The second-order valence-corrected chi connectivity index (χ2v) is 14.2. The fourth-order valence-electron chi connectivity index (χ4n) is 8.07. The van der Waals surface area contributed by atoms with Crippen LogP contribution in [0.3, 0.4) is 0 Å². The molecule has 56 heavy (non-hydrogen) atoms. The Morgan fingerprint density at radius 2 is 0.893 bits per heavy atom. The highest BCUT2D eigenvalue weighted by atomic mass is 16.3. The van der Waals surface area contributed by atoms with Crippen molar-refractivity contribution in [3.63, 3.8) is 0 Å². The van der Waals surface area contributed by atoms with Crippen LogP contribution in [0.2, 0.25) is 0 Å². The van der Waals surface area contributed by atoms with Crippen LogP contribution in [-0.4, -0.2) is 0 Å². The number of hydrogen-bond donors (Lipinski definition) is 0. The molecule has 0 spiro atoms. The standard InChI is InChI=1S/C54H35NO/c1-2-10-42-34-43(22-20-36(42)8-1)39-18-16-37(17-19-39)38-24-28-45(29-25-38)55(47-32-33-49-44(35-47)23-21-40-9-3-4-11-48(40)49)46-30-26-41(27-31-46)50-13-7-14-52-51-12-5-6-15-53(51)56-54(50)52/h1-35H/i16D,17D,18D,19D. The van der Waals surface area contributed by atoms with E-state index in [2.05, 4.69) is 108 Å². The average molecular weight is 718 g/mol. The first kappa shape index (κ1) is 28.1. The molecule has 0 unspecified atom stereocenters. The highest BCUT2D eigenvalue weighted by molar-refractivity contribution is 6.10. The second-order valence-electron chi connectivity index (χ2n) is 14.2. The summed E-state index contributed by atoms with van der Waals surface area (Å²) < 4.78 is 42.8. The lowest BCUT2D eigenvalue weighted by Gasteiger charge is -2.26. The van der Waals surface area contributed by atoms with Crippen LogP contribution >= 0.6 is 0 Å². The molecule has 0 N–H and O–H groups in total. The lowest BCUT2D eigenvalue weighted by atomic mass is 9.98. The van der Waals surface area contributed by atoms with Crippen molar-refractivity contribution >= 4 is 71.3 Å². The van der Waals surface area contributed by atoms with Gasteiger partial charge in [-0.25, -0.2) is 0 Å². The number of para-hydroxylation sites is 2. The SMILES string of the molecule is [2H]c1c([2H])c(-c2ccc3ccccc3c2)c([2H])c([2H])c1-c1ccc(N(c2ccc(-c3cccc4c3oc3ccccc34)cc2)c2ccc3c(ccc4ccccc43)c2)cc1. The van der Waals surface area contributed by atoms with Crippen molar-refractivity contribution < 1.29 is 9.90 Å². The summed E-state index contributed by atoms with van der Waals surface area (Å²) in [6.45, 7) is 0. The van der Waals surface area contributed by atoms with Crippen LogP contribution in [-0.2, 0) is 0 Å². The normalized spacial score (nSPS) is 12.6. The van der Waals surface area contributed by atoms with Gasteiger partial charge in [-0.2, -0.15) is 0 Å². The molecular weight excluding hydrogens is 679 g/mol. The highest BCUT2D eigenvalue weighted by Crippen LogP contribution is 2.41. The van der Waals surface area contributed by atoms with Gasteiger partial charge < -0.3 is 9.32 Å². The smallest absolute Gasteiger partial charge is 0.143 e. The van der Waals surface area contributed by atoms with Crippen LogP contribution in [0.1, 0.15) is 5.48 Å². The van der Waals surface area contributed by atoms with Crippen molar-refractivity contribution in [2.24, 2.45) is 0 Å². The Balaban J connectivity index is 1.01. The van der Waals surface area contributed by atoms with Crippen LogP contribution in [0.5, 0.6) is 0 Å². The summed E-state index contributed by atoms with van der Waals surface area (Å²) in [5, 5.41) is 8.91. The third-order valence-electron chi connectivity index (χ3n) is 10.9. The average Bonchev–Trinajstić information content (AvgIpc) is 3.68. The van der Waals surface area contributed by atoms with Gasteiger partial charge in [0.1, 0.15) is 11.2 Å². The van der Waals surface area contributed by atoms with Crippen molar-refractivity contribution in [2.75, 3.05) is 4.90 Å². The minimum Gasteiger partial charge on any atom is -0.455 e. The van der Waals surface area contributed by atoms with Crippen LogP contribution in [0, 0.1) is 0 Å². The molecule has 11 rings (SSSR count). The van der Waals surface area contributed by atoms with Crippen LogP contribution in [0.15, 0.2) is 217 Å². The van der Waals surface area contributed by atoms with Gasteiger partial charge in [0.05, 0.1) is 5.48 Å². The van der Waals surface area contributed by atoms with Gasteiger partial charge in [-0.15, -0.1) is 0 Å². The van der Waals surface area contributed by atoms with E-state index in [4.69, 9.17) is 9.90 Å². The topological polar surface area (TPSA) is 16.4 Å². The molecule has 0 bridgehead atoms. The molecule has 0 aliphatic carbocycles. The molecule has 0 fully saturated rings. The molecular formula is C54H35NO. The van der Waals surface area contributed by atoms with Gasteiger partial charge in [-0.3, -0.25) is 0 Å². The molecule has 0 saturated carbocycles. The van der Waals surface area contributed by atoms with Gasteiger partial charge in [0.2, 0.25) is 0 Å². The summed E-state index contributed by atoms with van der Waals surface area (Å²) in [5.41, 5.74) is 8.44. The summed E-state index contributed by atoms with van der Waals surface area (Å²) in [6, 6.07) is 63.5. The first-order chi connectivity index (χ1) is 29.4. The highest BCUT2D eigenvalue weighted by Gasteiger charge is 2.16. The van der Waals surface area contributed by atoms with Gasteiger partial charge in [0.15, 0.2) is 0 Å². The van der Waals surface area contributed by atoms with Crippen LogP contribution in [0.25, 0.3) is 87.6 Å². The number of rotatable bonds is 6. The minimum atomic E-state index is -0.0689. The van der Waals surface area contributed by atoms with E-state index in [1.54, 1.807) is 0 Å². The zero-order valence-corrected chi connectivity index (χ0v) is 30.3. The van der Waals surface area contributed by atoms with E-state index in [-0.39, 0.29) is 29.7 Å². The number of hydrogen-bond acceptors (Lipinski definition) is 2. The number of anilines is 3. The zero-order valence-electron chi connectivity index (χ0n) is 34.3. The quantitative estimate of drug-likeness (QED) is 0.159. The Kier molecular flexibility index (Phi) is 6.60. The van der Waals surface area contributed by atoms with Gasteiger partial charge >= 0.3 is 0 Å². The van der Waals surface area contributed by atoms with E-state index in [0.717, 1.165) is 66.3 Å². The predicted molar refractivity (Wildman–Crippen MR) is 237 cm³/mol. The summed E-state index contributed by atoms with van der Waals surface area (Å²) in [5.74, 6) is 0. The monoisotopic (exact) mass is 717 g/mol. The fourth-order valence-corrected chi connectivity index (χ4v) is 8.07. The summed E-state index contributed by atoms with van der Waals surface area (Å²) in [4.78, 5) is 2.21. The molecule has 2 heteroatoms. The van der Waals surface area contributed by atoms with Crippen LogP contribution in [0.4, 0.5) is 17.1 Å². The largest absolute Gasteiger partial charge is 0.455 e. The molecule has 2 nitrogen and oxygen atoms in total. The molecule has 0 amide bonds. The third-order valence-corrected chi connectivity index (χ3v) is 10.9. The molecule has 11 aromatic rings. The van der Waals surface area contributed by atoms with Crippen molar-refractivity contribution in [2.45, 2.75) is 0 Å². The first-order valence-electron chi connectivity index (χ1n) is 20.8. The van der Waals surface area contributed by atoms with Gasteiger partial charge in [-0.1, -0.05) is 164 Å². The Hall–Kier alpha value is -7.42. The Bertz CT molecular complexity index is 3450. The Morgan fingerprint density at radius 1 is 0.339 bits per heavy atom. The third kappa shape index (κ3) is 5.51. The maximum atomic E-state index is 9.13. The summed E-state index contributed by atoms with van der Waals surface area (Å²) in [6.07, 6.45) is 0. The molecule has 1 heterocycles. The molecule has 0 radical (unpaired) electrons. The number of benzene rings is 10. The Labute approximate surface area is 330 Å². The first-order valence-corrected chi connectivity index (χ1v) is 18.8. The van der Waals surface area contributed by atoms with Gasteiger partial charge in [-0.05, 0) is 109 Å². The molecule has 0 aliphatic heterocycles. The van der Waals surface area contributed by atoms with E-state index in [1.807, 2.05) is 84.9 Å². The number of nitrogens with zero attached hydrogens (tertiary/aromatic N) is 1. The lowest BCUT2D eigenvalue weighted by molar-refractivity contribution is 0.670. The van der Waals surface area contributed by atoms with Crippen LogP contribution < -0.4 is 4.90 Å². The van der Waals surface area contributed by atoms with E-state index >= 15 is 0 Å². The molecule has 10 aromatic carbocycles. The number of fused-ring (bicyclic) bond motifs is 7. The summed E-state index contributed by atoms with van der Waals surface area (Å²) >= 11 is 0. The summed E-state index contributed by atoms with van der Waals surface area (Å²) in [7, 11) is 0. The van der Waals surface area contributed by atoms with Gasteiger partial charge in [0, 0.05) is 33.4 Å². The maximum Gasteiger partial charge on any atom is 0.143 e. The maximum absolute atomic E-state index is 9.13. The van der Waals surface area contributed by atoms with E-state index < -0.39 is 0 Å². The number of furan rings is 1. The lowest BCUT2D eigenvalue weighted by Crippen LogP contribution is -2.09. The van der Waals surface area contributed by atoms with E-state index in [0.29, 0.717) is 16.7 Å². The second kappa shape index (κ2) is 13.2. The molecule has 262 valence electrons. The molecule has 1 aromatic heterocycles. The van der Waals surface area contributed by atoms with E-state index in [9.17, 15) is 0 Å².